The average molecular weight is 176 g/mol. The van der Waals surface area contributed by atoms with Crippen LogP contribution in [-0.2, 0) is 6.42 Å². The molecular formula is C10H12N2O. The average Bonchev–Trinajstić information content (AvgIpc) is 2.44. The number of nitrogens with zero attached hydrogens (tertiary/aromatic N) is 1. The molecule has 2 N–H and O–H groups in total. The molecule has 0 spiro atoms. The lowest BCUT2D eigenvalue weighted by Gasteiger charge is -1.95. The number of aryl methyl sites for hydroxylation is 1. The largest absolute Gasteiger partial charge is 0.424 e. The van der Waals surface area contributed by atoms with Crippen LogP contribution in [0.3, 0.4) is 0 Å². The molecule has 0 aliphatic carbocycles. The normalized spacial score (nSPS) is 10.8. The molecule has 0 saturated heterocycles. The van der Waals surface area contributed by atoms with Gasteiger partial charge in [0.25, 0.3) is 6.01 Å². The summed E-state index contributed by atoms with van der Waals surface area (Å²) >= 11 is 0. The van der Waals surface area contributed by atoms with Gasteiger partial charge < -0.3 is 10.2 Å². The molecule has 3 nitrogen and oxygen atoms in total. The predicted molar refractivity (Wildman–Crippen MR) is 52.4 cm³/mol. The van der Waals surface area contributed by atoms with E-state index in [1.165, 1.54) is 5.56 Å². The van der Waals surface area contributed by atoms with Gasteiger partial charge in [0, 0.05) is 0 Å². The van der Waals surface area contributed by atoms with Crippen LogP contribution in [0, 0.1) is 0 Å². The maximum Gasteiger partial charge on any atom is 0.292 e. The zero-order chi connectivity index (χ0) is 9.26. The zero-order valence-corrected chi connectivity index (χ0v) is 7.58. The molecule has 0 aliphatic heterocycles. The first-order valence-corrected chi connectivity index (χ1v) is 4.44. The maximum atomic E-state index is 5.44. The molecule has 1 heterocycles. The second kappa shape index (κ2) is 3.09. The van der Waals surface area contributed by atoms with E-state index in [1.54, 1.807) is 0 Å². The summed E-state index contributed by atoms with van der Waals surface area (Å²) in [5.74, 6) is 0. The highest BCUT2D eigenvalue weighted by Crippen LogP contribution is 2.18. The summed E-state index contributed by atoms with van der Waals surface area (Å²) in [6.45, 7) is 2.15. The highest BCUT2D eigenvalue weighted by molar-refractivity contribution is 5.74. The van der Waals surface area contributed by atoms with E-state index in [9.17, 15) is 0 Å². The smallest absolute Gasteiger partial charge is 0.292 e. The molecular weight excluding hydrogens is 164 g/mol. The number of hydrogen-bond donors (Lipinski definition) is 1. The van der Waals surface area contributed by atoms with Gasteiger partial charge in [0.15, 0.2) is 5.58 Å². The highest BCUT2D eigenvalue weighted by atomic mass is 16.4. The van der Waals surface area contributed by atoms with Gasteiger partial charge in [-0.2, -0.15) is 4.98 Å². The molecule has 1 aromatic heterocycles. The van der Waals surface area contributed by atoms with Crippen molar-refractivity contribution in [3.63, 3.8) is 0 Å². The third kappa shape index (κ3) is 1.49. The minimum Gasteiger partial charge on any atom is -0.424 e. The van der Waals surface area contributed by atoms with E-state index in [1.807, 2.05) is 12.1 Å². The number of fused-ring (bicyclic) bond motifs is 1. The molecule has 0 aliphatic rings. The van der Waals surface area contributed by atoms with Crippen LogP contribution in [0.25, 0.3) is 11.1 Å². The number of hydrogen-bond acceptors (Lipinski definition) is 3. The second-order valence-electron chi connectivity index (χ2n) is 3.10. The lowest BCUT2D eigenvalue weighted by Crippen LogP contribution is -1.83. The molecule has 0 atom stereocenters. The van der Waals surface area contributed by atoms with E-state index in [0.717, 1.165) is 23.9 Å². The Morgan fingerprint density at radius 1 is 1.46 bits per heavy atom. The molecule has 0 saturated carbocycles. The number of anilines is 1. The van der Waals surface area contributed by atoms with E-state index in [4.69, 9.17) is 10.2 Å². The summed E-state index contributed by atoms with van der Waals surface area (Å²) in [5, 5.41) is 0. The molecule has 68 valence electrons. The number of rotatable bonds is 2. The SMILES string of the molecule is CCCc1ccc2oc(N)nc2c1. The first-order chi connectivity index (χ1) is 6.29. The van der Waals surface area contributed by atoms with Crippen molar-refractivity contribution in [1.82, 2.24) is 4.98 Å². The van der Waals surface area contributed by atoms with Crippen molar-refractivity contribution in [1.29, 1.82) is 0 Å². The molecule has 0 radical (unpaired) electrons. The van der Waals surface area contributed by atoms with Crippen molar-refractivity contribution >= 4 is 17.1 Å². The summed E-state index contributed by atoms with van der Waals surface area (Å²) in [4.78, 5) is 4.07. The number of benzene rings is 1. The van der Waals surface area contributed by atoms with Gasteiger partial charge in [0.1, 0.15) is 5.52 Å². The van der Waals surface area contributed by atoms with E-state index >= 15 is 0 Å². The van der Waals surface area contributed by atoms with Crippen LogP contribution in [0.1, 0.15) is 18.9 Å². The first kappa shape index (κ1) is 8.10. The van der Waals surface area contributed by atoms with Gasteiger partial charge in [-0.25, -0.2) is 0 Å². The minimum atomic E-state index is 0.239. The standard InChI is InChI=1S/C10H12N2O/c1-2-3-7-4-5-9-8(6-7)12-10(11)13-9/h4-6H,2-3H2,1H3,(H2,11,12). The van der Waals surface area contributed by atoms with Crippen molar-refractivity contribution in [2.45, 2.75) is 19.8 Å². The topological polar surface area (TPSA) is 52.0 Å². The molecule has 2 rings (SSSR count). The Hall–Kier alpha value is -1.51. The summed E-state index contributed by atoms with van der Waals surface area (Å²) in [6.07, 6.45) is 2.21. The van der Waals surface area contributed by atoms with Gasteiger partial charge in [0.2, 0.25) is 0 Å². The lowest BCUT2D eigenvalue weighted by atomic mass is 10.1. The summed E-state index contributed by atoms with van der Waals surface area (Å²) in [7, 11) is 0. The quantitative estimate of drug-likeness (QED) is 0.764. The van der Waals surface area contributed by atoms with E-state index in [0.29, 0.717) is 0 Å². The molecule has 0 fully saturated rings. The molecule has 0 unspecified atom stereocenters. The lowest BCUT2D eigenvalue weighted by molar-refractivity contribution is 0.626. The molecule has 0 amide bonds. The van der Waals surface area contributed by atoms with Crippen molar-refractivity contribution < 1.29 is 4.42 Å². The third-order valence-corrected chi connectivity index (χ3v) is 2.01. The van der Waals surface area contributed by atoms with E-state index in [2.05, 4.69) is 18.0 Å². The van der Waals surface area contributed by atoms with Crippen molar-refractivity contribution in [3.05, 3.63) is 23.8 Å². The third-order valence-electron chi connectivity index (χ3n) is 2.01. The molecule has 13 heavy (non-hydrogen) atoms. The van der Waals surface area contributed by atoms with Gasteiger partial charge in [-0.3, -0.25) is 0 Å². The van der Waals surface area contributed by atoms with Crippen LogP contribution < -0.4 is 5.73 Å². The van der Waals surface area contributed by atoms with Gasteiger partial charge in [-0.05, 0) is 24.1 Å². The van der Waals surface area contributed by atoms with Crippen LogP contribution in [0.5, 0.6) is 0 Å². The van der Waals surface area contributed by atoms with Crippen LogP contribution in [0.2, 0.25) is 0 Å². The first-order valence-electron chi connectivity index (χ1n) is 4.44. The van der Waals surface area contributed by atoms with Gasteiger partial charge in [-0.15, -0.1) is 0 Å². The molecule has 3 heteroatoms. The van der Waals surface area contributed by atoms with Gasteiger partial charge >= 0.3 is 0 Å². The number of nitrogens with two attached hydrogens (primary N) is 1. The molecule has 1 aromatic carbocycles. The Labute approximate surface area is 76.6 Å². The van der Waals surface area contributed by atoms with Crippen LogP contribution in [0.4, 0.5) is 6.01 Å². The summed E-state index contributed by atoms with van der Waals surface area (Å²) in [6, 6.07) is 6.24. The Balaban J connectivity index is 2.48. The summed E-state index contributed by atoms with van der Waals surface area (Å²) in [5.41, 5.74) is 8.33. The van der Waals surface area contributed by atoms with Gasteiger partial charge in [0.05, 0.1) is 0 Å². The van der Waals surface area contributed by atoms with Gasteiger partial charge in [-0.1, -0.05) is 19.4 Å². The number of oxazole rings is 1. The van der Waals surface area contributed by atoms with E-state index < -0.39 is 0 Å². The summed E-state index contributed by atoms with van der Waals surface area (Å²) < 4.78 is 5.17. The highest BCUT2D eigenvalue weighted by Gasteiger charge is 2.02. The Kier molecular flexibility index (Phi) is 1.93. The number of aromatic nitrogens is 1. The zero-order valence-electron chi connectivity index (χ0n) is 7.58. The van der Waals surface area contributed by atoms with Crippen LogP contribution >= 0.6 is 0 Å². The van der Waals surface area contributed by atoms with Crippen molar-refractivity contribution in [2.75, 3.05) is 5.73 Å². The number of nitrogen functional groups attached to an aromatic ring is 1. The molecule has 0 bridgehead atoms. The minimum absolute atomic E-state index is 0.239. The Morgan fingerprint density at radius 3 is 3.08 bits per heavy atom. The molecule has 2 aromatic rings. The maximum absolute atomic E-state index is 5.44. The van der Waals surface area contributed by atoms with Crippen molar-refractivity contribution in [3.8, 4) is 0 Å². The van der Waals surface area contributed by atoms with Crippen LogP contribution in [0.15, 0.2) is 22.6 Å². The van der Waals surface area contributed by atoms with Crippen molar-refractivity contribution in [2.24, 2.45) is 0 Å². The fourth-order valence-corrected chi connectivity index (χ4v) is 1.44. The van der Waals surface area contributed by atoms with E-state index in [-0.39, 0.29) is 6.01 Å². The Morgan fingerprint density at radius 2 is 2.31 bits per heavy atom. The fraction of sp³-hybridized carbons (Fsp3) is 0.300. The fourth-order valence-electron chi connectivity index (χ4n) is 1.44. The second-order valence-corrected chi connectivity index (χ2v) is 3.10. The Bertz CT molecular complexity index is 420. The monoisotopic (exact) mass is 176 g/mol. The van der Waals surface area contributed by atoms with Crippen LogP contribution in [-0.4, -0.2) is 4.98 Å². The predicted octanol–water partition coefficient (Wildman–Crippen LogP) is 2.36.